The number of fused-ring (bicyclic) bond motifs is 10. The van der Waals surface area contributed by atoms with Crippen LogP contribution in [-0.2, 0) is 0 Å². The third-order valence-corrected chi connectivity index (χ3v) is 23.5. The summed E-state index contributed by atoms with van der Waals surface area (Å²) >= 11 is 0. The van der Waals surface area contributed by atoms with E-state index in [2.05, 4.69) is 291 Å². The summed E-state index contributed by atoms with van der Waals surface area (Å²) in [6.45, 7) is 0. The highest BCUT2D eigenvalue weighted by Gasteiger charge is 2.20. The third-order valence-electron chi connectivity index (χ3n) is 23.5. The van der Waals surface area contributed by atoms with E-state index in [9.17, 15) is 0 Å². The number of furan rings is 2. The molecule has 24 rings (SSSR count). The minimum absolute atomic E-state index is 0.629. The van der Waals surface area contributed by atoms with Gasteiger partial charge in [-0.05, 0) is 126 Å². The van der Waals surface area contributed by atoms with Gasteiger partial charge in [0.2, 0.25) is 0 Å². The largest absolute Gasteiger partial charge is 0.456 e. The lowest BCUT2D eigenvalue weighted by molar-refractivity contribution is 0.669. The van der Waals surface area contributed by atoms with Crippen LogP contribution in [0.15, 0.2) is 433 Å². The first-order chi connectivity index (χ1) is 62.3. The maximum atomic E-state index is 6.13. The molecule has 0 amide bonds. The molecule has 0 saturated carbocycles. The van der Waals surface area contributed by atoms with Crippen molar-refractivity contribution >= 4 is 88.0 Å². The molecule has 0 atom stereocenters. The third kappa shape index (κ3) is 14.4. The Bertz CT molecular complexity index is 8210. The summed E-state index contributed by atoms with van der Waals surface area (Å²) in [6.07, 6.45) is 0. The van der Waals surface area contributed by atoms with Gasteiger partial charge >= 0.3 is 0 Å². The van der Waals surface area contributed by atoms with Crippen molar-refractivity contribution in [3.8, 4) is 157 Å². The van der Waals surface area contributed by atoms with Crippen LogP contribution in [0.2, 0.25) is 0 Å². The lowest BCUT2D eigenvalue weighted by atomic mass is 9.97. The van der Waals surface area contributed by atoms with Gasteiger partial charge in [-0.3, -0.25) is 0 Å². The molecular formula is C114H70N10O2. The fourth-order valence-corrected chi connectivity index (χ4v) is 16.8. The summed E-state index contributed by atoms with van der Waals surface area (Å²) in [5.74, 6) is 3.81. The van der Waals surface area contributed by atoms with Gasteiger partial charge in [-0.15, -0.1) is 0 Å². The van der Waals surface area contributed by atoms with Crippen molar-refractivity contribution in [2.45, 2.75) is 0 Å². The molecule has 12 nitrogen and oxygen atoms in total. The number of benzene rings is 18. The van der Waals surface area contributed by atoms with Crippen molar-refractivity contribution in [2.75, 3.05) is 0 Å². The molecule has 18 aromatic carbocycles. The van der Waals surface area contributed by atoms with Gasteiger partial charge in [0.1, 0.15) is 22.3 Å². The molecule has 0 N–H and O–H groups in total. The van der Waals surface area contributed by atoms with E-state index in [-0.39, 0.29) is 0 Å². The van der Waals surface area contributed by atoms with Gasteiger partial charge in [-0.1, -0.05) is 370 Å². The fraction of sp³-hybridized carbons (Fsp3) is 0. The van der Waals surface area contributed by atoms with Gasteiger partial charge in [0, 0.05) is 72.6 Å². The van der Waals surface area contributed by atoms with E-state index >= 15 is 0 Å². The van der Waals surface area contributed by atoms with Crippen LogP contribution in [0.5, 0.6) is 0 Å². The maximum Gasteiger partial charge on any atom is 0.164 e. The Kier molecular flexibility index (Phi) is 18.6. The first-order valence-electron chi connectivity index (χ1n) is 41.9. The van der Waals surface area contributed by atoms with Crippen molar-refractivity contribution in [1.82, 2.24) is 49.8 Å². The number of para-hydroxylation sites is 3. The molecule has 6 heterocycles. The van der Waals surface area contributed by atoms with Crippen molar-refractivity contribution in [3.63, 3.8) is 0 Å². The molecule has 6 aromatic heterocycles. The first kappa shape index (κ1) is 73.9. The van der Waals surface area contributed by atoms with Gasteiger partial charge in [0.15, 0.2) is 34.9 Å². The molecule has 0 aliphatic carbocycles. The number of nitrogens with zero attached hydrogens (tertiary/aromatic N) is 10. The standard InChI is InChI=1S/2C57H35N5O/c1-3-10-36(11-4-1)37-24-30-44(31-25-37)56-60-55(43-12-5-2-6-13-43)61-57(62-56)45-32-26-41(27-33-45)39-20-18-38(19-21-39)40-22-28-42(29-23-40)46-15-9-16-49-54(46)59-50-34-48-47-14-7-8-17-52(47)63-53(48)35-51(50)58-49;1-3-9-36(10-4-1)37-23-27-44(28-24-37)56-60-55(43-11-5-2-6-12-43)61-57(62-56)45-29-25-41(26-30-45)39-17-15-38(16-18-39)40-19-21-42(22-20-40)46-31-32-49-50(33-46)59-52-35-54-48(34-51(52)58-49)47-13-7-8-14-53(47)63-54/h2*1-35H. The summed E-state index contributed by atoms with van der Waals surface area (Å²) in [5, 5.41) is 4.27. The molecule has 12 heteroatoms. The topological polar surface area (TPSA) is 155 Å². The van der Waals surface area contributed by atoms with Crippen molar-refractivity contribution < 1.29 is 8.83 Å². The smallest absolute Gasteiger partial charge is 0.164 e. The predicted octanol–water partition coefficient (Wildman–Crippen LogP) is 29.1. The average molecular weight is 1610 g/mol. The minimum Gasteiger partial charge on any atom is -0.456 e. The highest BCUT2D eigenvalue weighted by Crippen LogP contribution is 2.40. The van der Waals surface area contributed by atoms with E-state index in [1.54, 1.807) is 0 Å². The number of rotatable bonds is 14. The molecule has 0 aliphatic rings. The highest BCUT2D eigenvalue weighted by atomic mass is 16.3. The molecule has 0 unspecified atom stereocenters. The predicted molar refractivity (Wildman–Crippen MR) is 512 cm³/mol. The van der Waals surface area contributed by atoms with E-state index < -0.39 is 0 Å². The van der Waals surface area contributed by atoms with Crippen molar-refractivity contribution in [2.24, 2.45) is 0 Å². The summed E-state index contributed by atoms with van der Waals surface area (Å²) in [6, 6.07) is 146. The van der Waals surface area contributed by atoms with Gasteiger partial charge in [-0.2, -0.15) is 0 Å². The van der Waals surface area contributed by atoms with Crippen molar-refractivity contribution in [3.05, 3.63) is 425 Å². The molecular weight excluding hydrogens is 1540 g/mol. The number of hydrogen-bond donors (Lipinski definition) is 0. The Labute approximate surface area is 724 Å². The summed E-state index contributed by atoms with van der Waals surface area (Å²) in [5.41, 5.74) is 33.8. The van der Waals surface area contributed by atoms with E-state index in [1.807, 2.05) is 133 Å². The zero-order valence-corrected chi connectivity index (χ0v) is 67.7. The van der Waals surface area contributed by atoms with Crippen LogP contribution in [0.4, 0.5) is 0 Å². The fourth-order valence-electron chi connectivity index (χ4n) is 16.8. The number of aromatic nitrogens is 10. The highest BCUT2D eigenvalue weighted by molar-refractivity contribution is 6.11. The Morgan fingerprint density at radius 2 is 0.373 bits per heavy atom. The lowest BCUT2D eigenvalue weighted by Gasteiger charge is -2.10. The Balaban J connectivity index is 0.000000145. The zero-order valence-electron chi connectivity index (χ0n) is 67.7. The zero-order chi connectivity index (χ0) is 83.4. The summed E-state index contributed by atoms with van der Waals surface area (Å²) in [4.78, 5) is 49.9. The lowest BCUT2D eigenvalue weighted by Crippen LogP contribution is -2.00. The van der Waals surface area contributed by atoms with Crippen molar-refractivity contribution in [1.29, 1.82) is 0 Å². The van der Waals surface area contributed by atoms with Crippen LogP contribution in [0, 0.1) is 0 Å². The van der Waals surface area contributed by atoms with Gasteiger partial charge in [-0.25, -0.2) is 49.8 Å². The molecule has 126 heavy (non-hydrogen) atoms. The SMILES string of the molecule is c1ccc(-c2ccc(-c3nc(-c4ccccc4)nc(-c4ccc(-c5ccc(-c6ccc(-c7ccc8nc9cc%10c(cc9nc8c7)oc7ccccc7%10)cc6)cc5)cc4)n3)cc2)cc1.c1ccc(-c2ccc(-c3nc(-c4ccccc4)nc(-c4ccc(-c5ccc(-c6ccc(-c7cccc8nc9cc%10oc%11ccccc%11c%10cc9nc78)cc6)cc5)cc4)n3)cc2)cc1. The average Bonchev–Trinajstić information content (AvgIpc) is 1.55. The van der Waals surface area contributed by atoms with Crippen LogP contribution in [0.25, 0.3) is 245 Å². The van der Waals surface area contributed by atoms with Crippen LogP contribution in [0.1, 0.15) is 0 Å². The molecule has 588 valence electrons. The quantitative estimate of drug-likeness (QED) is 0.0952. The Morgan fingerprint density at radius 1 is 0.127 bits per heavy atom. The van der Waals surface area contributed by atoms with Crippen LogP contribution < -0.4 is 0 Å². The molecule has 0 bridgehead atoms. The second-order valence-corrected chi connectivity index (χ2v) is 31.4. The van der Waals surface area contributed by atoms with Gasteiger partial charge in [0.05, 0.1) is 44.1 Å². The second-order valence-electron chi connectivity index (χ2n) is 31.4. The molecule has 24 aromatic rings. The second kappa shape index (κ2) is 31.7. The van der Waals surface area contributed by atoms with E-state index in [0.29, 0.717) is 34.9 Å². The summed E-state index contributed by atoms with van der Waals surface area (Å²) < 4.78 is 12.3. The summed E-state index contributed by atoms with van der Waals surface area (Å²) in [7, 11) is 0. The molecule has 0 aliphatic heterocycles. The maximum absolute atomic E-state index is 6.13. The van der Waals surface area contributed by atoms with Gasteiger partial charge < -0.3 is 8.83 Å². The van der Waals surface area contributed by atoms with Crippen LogP contribution in [0.3, 0.4) is 0 Å². The van der Waals surface area contributed by atoms with Crippen LogP contribution >= 0.6 is 0 Å². The van der Waals surface area contributed by atoms with Crippen LogP contribution in [-0.4, -0.2) is 49.8 Å². The van der Waals surface area contributed by atoms with E-state index in [4.69, 9.17) is 58.7 Å². The monoisotopic (exact) mass is 1610 g/mol. The minimum atomic E-state index is 0.629. The Hall–Kier alpha value is -17.2. The Morgan fingerprint density at radius 3 is 0.730 bits per heavy atom. The normalized spacial score (nSPS) is 11.5. The molecule has 0 saturated heterocycles. The number of hydrogen-bond acceptors (Lipinski definition) is 12. The first-order valence-corrected chi connectivity index (χ1v) is 41.9. The molecule has 0 fully saturated rings. The molecule has 0 spiro atoms. The van der Waals surface area contributed by atoms with E-state index in [0.717, 1.165) is 199 Å². The van der Waals surface area contributed by atoms with Gasteiger partial charge in [0.25, 0.3) is 0 Å². The van der Waals surface area contributed by atoms with E-state index in [1.165, 1.54) is 11.1 Å². The molecule has 0 radical (unpaired) electrons.